The van der Waals surface area contributed by atoms with E-state index in [9.17, 15) is 14.4 Å². The topological polar surface area (TPSA) is 134 Å². The van der Waals surface area contributed by atoms with Gasteiger partial charge in [0, 0.05) is 6.20 Å². The molecule has 0 fully saturated rings. The molecule has 1 aliphatic rings. The molecule has 0 aromatic heterocycles. The summed E-state index contributed by atoms with van der Waals surface area (Å²) in [4.78, 5) is 34.5. The Morgan fingerprint density at radius 1 is 1.53 bits per heavy atom. The van der Waals surface area contributed by atoms with Crippen LogP contribution in [0, 0.1) is 0 Å². The number of nitrogens with zero attached hydrogens (tertiary/aromatic N) is 1. The minimum absolute atomic E-state index is 0.653. The van der Waals surface area contributed by atoms with Crippen molar-refractivity contribution in [3.63, 3.8) is 0 Å². The highest BCUT2D eigenvalue weighted by molar-refractivity contribution is 5.93. The normalized spacial score (nSPS) is 22.7. The van der Waals surface area contributed by atoms with Gasteiger partial charge in [0.05, 0.1) is 0 Å². The van der Waals surface area contributed by atoms with Crippen LogP contribution < -0.4 is 16.4 Å². The molecule has 0 aromatic carbocycles. The van der Waals surface area contributed by atoms with Gasteiger partial charge in [-0.05, 0) is 26.8 Å². The van der Waals surface area contributed by atoms with Crippen molar-refractivity contribution in [1.29, 1.82) is 0 Å². The van der Waals surface area contributed by atoms with Crippen LogP contribution in [-0.2, 0) is 4.74 Å². The van der Waals surface area contributed by atoms with Gasteiger partial charge in [-0.1, -0.05) is 0 Å². The van der Waals surface area contributed by atoms with Crippen molar-refractivity contribution in [2.75, 3.05) is 0 Å². The highest BCUT2D eigenvalue weighted by Crippen LogP contribution is 2.13. The molecule has 0 saturated heterocycles. The average Bonchev–Trinajstić information content (AvgIpc) is 2.11. The molecule has 0 aromatic rings. The van der Waals surface area contributed by atoms with Crippen molar-refractivity contribution < 1.29 is 24.2 Å². The summed E-state index contributed by atoms with van der Waals surface area (Å²) in [5.74, 6) is -1.76. The van der Waals surface area contributed by atoms with Gasteiger partial charge in [0.15, 0.2) is 5.79 Å². The highest BCUT2D eigenvalue weighted by atomic mass is 16.6. The van der Waals surface area contributed by atoms with Crippen LogP contribution in [0.25, 0.3) is 0 Å². The monoisotopic (exact) mass is 272 g/mol. The van der Waals surface area contributed by atoms with E-state index >= 15 is 0 Å². The van der Waals surface area contributed by atoms with E-state index in [0.717, 1.165) is 12.3 Å². The van der Waals surface area contributed by atoms with Gasteiger partial charge in [-0.2, -0.15) is 0 Å². The molecule has 1 heterocycles. The second-order valence-electron chi connectivity index (χ2n) is 4.90. The van der Waals surface area contributed by atoms with Crippen molar-refractivity contribution in [2.45, 2.75) is 32.2 Å². The predicted molar refractivity (Wildman–Crippen MR) is 63.8 cm³/mol. The fourth-order valence-electron chi connectivity index (χ4n) is 1.24. The smallest absolute Gasteiger partial charge is 0.422 e. The maximum Gasteiger partial charge on any atom is 0.422 e. The molecule has 0 radical (unpaired) electrons. The molecule has 1 unspecified atom stereocenters. The van der Waals surface area contributed by atoms with Crippen LogP contribution in [-0.4, -0.2) is 39.6 Å². The van der Waals surface area contributed by atoms with Crippen LogP contribution in [0.5, 0.6) is 0 Å². The maximum atomic E-state index is 11.7. The summed E-state index contributed by atoms with van der Waals surface area (Å²) in [5.41, 5.74) is 4.79. The van der Waals surface area contributed by atoms with Gasteiger partial charge < -0.3 is 9.84 Å². The first kappa shape index (κ1) is 14.8. The van der Waals surface area contributed by atoms with Crippen LogP contribution in [0.1, 0.15) is 20.8 Å². The first-order chi connectivity index (χ1) is 8.52. The zero-order chi connectivity index (χ0) is 14.8. The van der Waals surface area contributed by atoms with Gasteiger partial charge in [-0.3, -0.25) is 16.4 Å². The van der Waals surface area contributed by atoms with Crippen molar-refractivity contribution in [2.24, 2.45) is 5.73 Å². The number of rotatable bonds is 1. The molecule has 9 heteroatoms. The Hall–Kier alpha value is -2.29. The fraction of sp³-hybridized carbons (Fsp3) is 0.500. The summed E-state index contributed by atoms with van der Waals surface area (Å²) in [7, 11) is 0. The van der Waals surface area contributed by atoms with E-state index in [1.54, 1.807) is 20.8 Å². The van der Waals surface area contributed by atoms with Crippen LogP contribution in [0.2, 0.25) is 0 Å². The molecule has 1 rings (SSSR count). The molecule has 5 N–H and O–H groups in total. The van der Waals surface area contributed by atoms with Crippen LogP contribution in [0.3, 0.4) is 0 Å². The van der Waals surface area contributed by atoms with E-state index in [-0.39, 0.29) is 0 Å². The first-order valence-electron chi connectivity index (χ1n) is 5.36. The molecule has 4 amide bonds. The van der Waals surface area contributed by atoms with Crippen LogP contribution >= 0.6 is 0 Å². The lowest BCUT2D eigenvalue weighted by Crippen LogP contribution is -2.69. The number of nitrogens with one attached hydrogen (secondary N) is 2. The minimum atomic E-state index is -1.76. The number of hydrogen-bond acceptors (Lipinski definition) is 5. The van der Waals surface area contributed by atoms with E-state index in [1.807, 2.05) is 5.32 Å². The number of amides is 4. The number of carbonyl (C=O) groups excluding carboxylic acids is 2. The third kappa shape index (κ3) is 4.14. The molecule has 0 aliphatic carbocycles. The van der Waals surface area contributed by atoms with Gasteiger partial charge in [0.2, 0.25) is 0 Å². The van der Waals surface area contributed by atoms with Gasteiger partial charge in [0.25, 0.3) is 0 Å². The number of urea groups is 1. The van der Waals surface area contributed by atoms with Crippen LogP contribution in [0.15, 0.2) is 12.3 Å². The molecular formula is C10H16N4O5. The van der Waals surface area contributed by atoms with E-state index in [1.165, 1.54) is 0 Å². The third-order valence-electron chi connectivity index (χ3n) is 1.92. The number of nitrogens with two attached hydrogens (primary N) is 1. The second-order valence-corrected chi connectivity index (χ2v) is 4.90. The predicted octanol–water partition coefficient (Wildman–Crippen LogP) is 0.341. The summed E-state index contributed by atoms with van der Waals surface area (Å²) >= 11 is 0. The quantitative estimate of drug-likeness (QED) is 0.508. The summed E-state index contributed by atoms with van der Waals surface area (Å²) in [6, 6.07) is -0.895. The average molecular weight is 272 g/mol. The van der Waals surface area contributed by atoms with Crippen molar-refractivity contribution in [3.05, 3.63) is 12.3 Å². The number of ether oxygens (including phenoxy) is 1. The number of carbonyl (C=O) groups is 3. The molecule has 106 valence electrons. The molecular weight excluding hydrogens is 256 g/mol. The zero-order valence-corrected chi connectivity index (χ0v) is 10.8. The Kier molecular flexibility index (Phi) is 3.70. The maximum absolute atomic E-state index is 11.7. The SMILES string of the molecule is CC(C)(C)OC(=O)N1C=CC(N)(NC(=O)O)NC1=O. The number of hydrogen-bond donors (Lipinski definition) is 4. The van der Waals surface area contributed by atoms with Crippen molar-refractivity contribution >= 4 is 18.2 Å². The van der Waals surface area contributed by atoms with Gasteiger partial charge in [0.1, 0.15) is 5.60 Å². The summed E-state index contributed by atoms with van der Waals surface area (Å²) in [5, 5.41) is 12.6. The van der Waals surface area contributed by atoms with Crippen LogP contribution in [0.4, 0.5) is 14.4 Å². The molecule has 1 aliphatic heterocycles. The van der Waals surface area contributed by atoms with Crippen molar-refractivity contribution in [3.8, 4) is 0 Å². The standard InChI is InChI=1S/C10H16N4O5/c1-9(2,3)19-8(18)14-5-4-10(11,12-6(14)15)13-7(16)17/h4-5,13H,11H2,1-3H3,(H,12,15)(H,16,17). The largest absolute Gasteiger partial charge is 0.465 e. The van der Waals surface area contributed by atoms with Gasteiger partial charge in [-0.15, -0.1) is 0 Å². The molecule has 0 bridgehead atoms. The van der Waals surface area contributed by atoms with E-state index < -0.39 is 29.6 Å². The Labute approximate surface area is 109 Å². The summed E-state index contributed by atoms with van der Waals surface area (Å²) in [6.45, 7) is 4.95. The fourth-order valence-corrected chi connectivity index (χ4v) is 1.24. The summed E-state index contributed by atoms with van der Waals surface area (Å²) in [6.07, 6.45) is -0.147. The molecule has 9 nitrogen and oxygen atoms in total. The van der Waals surface area contributed by atoms with E-state index in [2.05, 4.69) is 5.32 Å². The van der Waals surface area contributed by atoms with E-state index in [4.69, 9.17) is 15.6 Å². The number of imide groups is 1. The molecule has 0 spiro atoms. The molecule has 19 heavy (non-hydrogen) atoms. The third-order valence-corrected chi connectivity index (χ3v) is 1.92. The highest BCUT2D eigenvalue weighted by Gasteiger charge is 2.36. The molecule has 0 saturated carbocycles. The Balaban J connectivity index is 2.81. The molecule has 1 atom stereocenters. The minimum Gasteiger partial charge on any atom is -0.465 e. The Morgan fingerprint density at radius 2 is 2.11 bits per heavy atom. The Bertz CT molecular complexity index is 442. The van der Waals surface area contributed by atoms with E-state index in [0.29, 0.717) is 4.90 Å². The second kappa shape index (κ2) is 4.76. The summed E-state index contributed by atoms with van der Waals surface area (Å²) < 4.78 is 4.99. The lowest BCUT2D eigenvalue weighted by Gasteiger charge is -2.34. The van der Waals surface area contributed by atoms with Gasteiger partial charge in [-0.25, -0.2) is 19.3 Å². The first-order valence-corrected chi connectivity index (χ1v) is 5.36. The lowest BCUT2D eigenvalue weighted by atomic mass is 10.2. The van der Waals surface area contributed by atoms with Gasteiger partial charge >= 0.3 is 18.2 Å². The van der Waals surface area contributed by atoms with Crippen molar-refractivity contribution in [1.82, 2.24) is 15.5 Å². The zero-order valence-electron chi connectivity index (χ0n) is 10.8. The Morgan fingerprint density at radius 3 is 2.53 bits per heavy atom. The lowest BCUT2D eigenvalue weighted by molar-refractivity contribution is 0.0373. The number of carboxylic acid groups (broad SMARTS) is 1.